The number of nitrogens with one attached hydrogen (secondary N) is 2. The summed E-state index contributed by atoms with van der Waals surface area (Å²) < 4.78 is 7.24. The molecule has 0 unspecified atom stereocenters. The number of hydrogen-bond acceptors (Lipinski definition) is 14. The van der Waals surface area contributed by atoms with Crippen LogP contribution in [0.3, 0.4) is 0 Å². The molecule has 0 saturated carbocycles. The highest BCUT2D eigenvalue weighted by Gasteiger charge is 2.09. The largest absolute Gasteiger partial charge is 0.321 e. The molecule has 3 heterocycles. The highest BCUT2D eigenvalue weighted by atomic mass is 32.1. The molecule has 0 aliphatic rings. The van der Waals surface area contributed by atoms with Crippen molar-refractivity contribution in [2.75, 3.05) is 10.6 Å². The molecule has 0 radical (unpaired) electrons. The van der Waals surface area contributed by atoms with Gasteiger partial charge in [0.05, 0.1) is 27.2 Å². The molecule has 0 spiro atoms. The second-order valence-electron chi connectivity index (χ2n) is 6.66. The second-order valence-corrected chi connectivity index (χ2v) is 9.00. The Morgan fingerprint density at radius 3 is 1.49 bits per heavy atom. The zero-order valence-electron chi connectivity index (χ0n) is 19.5. The van der Waals surface area contributed by atoms with Gasteiger partial charge in [0, 0.05) is 33.7 Å². The Morgan fingerprint density at radius 1 is 0.744 bits per heavy atom. The Hall–Kier alpha value is -4.27. The predicted octanol–water partition coefficient (Wildman–Crippen LogP) is 6.19. The SMILES string of the molecule is O=C(Nc1ccc(N=C=S)cc1)c1csnn1.O=C(Nc1ccc(N=C=S)cc1)c1csnn1.c1cscn1. The molecular formula is C23H15N9O2S5. The third kappa shape index (κ3) is 10.6. The number of rotatable bonds is 6. The fourth-order valence-electron chi connectivity index (χ4n) is 2.44. The number of carbonyl (C=O) groups is 2. The molecule has 5 rings (SSSR count). The summed E-state index contributed by atoms with van der Waals surface area (Å²) in [4.78, 5) is 34.6. The minimum Gasteiger partial charge on any atom is -0.321 e. The van der Waals surface area contributed by atoms with Gasteiger partial charge in [-0.2, -0.15) is 9.98 Å². The number of aliphatic imine (C=N–C) groups is 2. The molecule has 0 aliphatic carbocycles. The number of thiazole rings is 1. The Morgan fingerprint density at radius 2 is 1.21 bits per heavy atom. The van der Waals surface area contributed by atoms with Crippen LogP contribution in [0.15, 0.2) is 86.4 Å². The number of aromatic nitrogens is 5. The van der Waals surface area contributed by atoms with Gasteiger partial charge in [-0.25, -0.2) is 0 Å². The van der Waals surface area contributed by atoms with Gasteiger partial charge in [0.2, 0.25) is 0 Å². The maximum atomic E-state index is 11.6. The number of hydrogen-bond donors (Lipinski definition) is 2. The van der Waals surface area contributed by atoms with E-state index < -0.39 is 0 Å². The summed E-state index contributed by atoms with van der Waals surface area (Å²) in [6.45, 7) is 0. The van der Waals surface area contributed by atoms with Crippen LogP contribution in [-0.4, -0.2) is 46.3 Å². The summed E-state index contributed by atoms with van der Waals surface area (Å²) in [5.41, 5.74) is 5.09. The maximum absolute atomic E-state index is 11.6. The van der Waals surface area contributed by atoms with Gasteiger partial charge >= 0.3 is 0 Å². The normalized spacial score (nSPS) is 9.23. The molecule has 5 aromatic rings. The lowest BCUT2D eigenvalue weighted by Gasteiger charge is -2.02. The van der Waals surface area contributed by atoms with E-state index in [-0.39, 0.29) is 11.8 Å². The van der Waals surface area contributed by atoms with Crippen LogP contribution in [0.2, 0.25) is 0 Å². The molecule has 194 valence electrons. The van der Waals surface area contributed by atoms with Gasteiger partial charge in [-0.1, -0.05) is 8.98 Å². The first-order chi connectivity index (χ1) is 19.1. The van der Waals surface area contributed by atoms with E-state index in [2.05, 4.69) is 79.5 Å². The van der Waals surface area contributed by atoms with Crippen molar-refractivity contribution in [3.8, 4) is 0 Å². The van der Waals surface area contributed by atoms with Crippen LogP contribution < -0.4 is 10.6 Å². The number of nitrogens with zero attached hydrogens (tertiary/aromatic N) is 7. The first-order valence-corrected chi connectivity index (χ1v) is 13.9. The summed E-state index contributed by atoms with van der Waals surface area (Å²) in [5.74, 6) is -0.574. The van der Waals surface area contributed by atoms with Gasteiger partial charge in [0.25, 0.3) is 11.8 Å². The lowest BCUT2D eigenvalue weighted by Crippen LogP contribution is -2.12. The molecule has 3 aromatic heterocycles. The number of benzene rings is 2. The quantitative estimate of drug-likeness (QED) is 0.170. The summed E-state index contributed by atoms with van der Waals surface area (Å²) in [6, 6.07) is 13.8. The van der Waals surface area contributed by atoms with Gasteiger partial charge < -0.3 is 10.6 Å². The van der Waals surface area contributed by atoms with E-state index in [1.54, 1.807) is 82.3 Å². The molecule has 39 heavy (non-hydrogen) atoms. The third-order valence-corrected chi connectivity index (χ3v) is 5.85. The van der Waals surface area contributed by atoms with E-state index in [0.717, 1.165) is 23.1 Å². The Kier molecular flexibility index (Phi) is 12.4. The molecule has 0 fully saturated rings. The molecule has 11 nitrogen and oxygen atoms in total. The third-order valence-electron chi connectivity index (χ3n) is 4.13. The van der Waals surface area contributed by atoms with Crippen LogP contribution in [-0.2, 0) is 0 Å². The molecule has 2 N–H and O–H groups in total. The first kappa shape index (κ1) is 29.3. The van der Waals surface area contributed by atoms with E-state index in [1.807, 2.05) is 5.38 Å². The van der Waals surface area contributed by atoms with Crippen LogP contribution in [0.25, 0.3) is 0 Å². The summed E-state index contributed by atoms with van der Waals surface area (Å²) >= 11 is 12.8. The van der Waals surface area contributed by atoms with Crippen LogP contribution in [0.5, 0.6) is 0 Å². The average Bonchev–Trinajstić information content (AvgIpc) is 3.77. The highest BCUT2D eigenvalue weighted by molar-refractivity contribution is 7.78. The summed E-state index contributed by atoms with van der Waals surface area (Å²) in [6.07, 6.45) is 1.77. The highest BCUT2D eigenvalue weighted by Crippen LogP contribution is 2.17. The number of thiocarbonyl (C=S) groups is 2. The molecular weight excluding hydrogens is 595 g/mol. The zero-order valence-corrected chi connectivity index (χ0v) is 23.6. The van der Waals surface area contributed by atoms with Gasteiger partial charge in [0.1, 0.15) is 0 Å². The minimum atomic E-state index is -0.287. The van der Waals surface area contributed by atoms with E-state index in [4.69, 9.17) is 0 Å². The van der Waals surface area contributed by atoms with Crippen LogP contribution >= 0.6 is 58.8 Å². The zero-order chi connectivity index (χ0) is 27.7. The minimum absolute atomic E-state index is 0.287. The van der Waals surface area contributed by atoms with Crippen LogP contribution in [0.1, 0.15) is 21.0 Å². The van der Waals surface area contributed by atoms with Crippen molar-refractivity contribution in [1.82, 2.24) is 24.2 Å². The van der Waals surface area contributed by atoms with Gasteiger partial charge in [-0.15, -0.1) is 21.5 Å². The van der Waals surface area contributed by atoms with Gasteiger partial charge in [-0.05, 0) is 96.0 Å². The lowest BCUT2D eigenvalue weighted by atomic mass is 10.3. The number of carbonyl (C=O) groups excluding carboxylic acids is 2. The topological polar surface area (TPSA) is 147 Å². The summed E-state index contributed by atoms with van der Waals surface area (Å²) in [5, 5.41) is 22.4. The van der Waals surface area contributed by atoms with Crippen LogP contribution in [0, 0.1) is 0 Å². The van der Waals surface area contributed by atoms with Crippen molar-refractivity contribution < 1.29 is 9.59 Å². The van der Waals surface area contributed by atoms with Crippen molar-refractivity contribution in [3.63, 3.8) is 0 Å². The standard InChI is InChI=1S/2C10H6N4OS2.C3H3NS/c2*15-10(9-5-17-14-13-9)12-8-3-1-7(2-4-8)11-6-16;1-2-5-3-4-1/h2*1-5H,(H,12,15);1-3H. The number of isothiocyanates is 2. The van der Waals surface area contributed by atoms with E-state index in [1.165, 1.54) is 0 Å². The van der Waals surface area contributed by atoms with Crippen molar-refractivity contribution in [2.45, 2.75) is 0 Å². The fourth-order valence-corrected chi connectivity index (χ4v) is 3.87. The molecule has 16 heteroatoms. The smallest absolute Gasteiger partial charge is 0.277 e. The predicted molar refractivity (Wildman–Crippen MR) is 160 cm³/mol. The average molecular weight is 610 g/mol. The monoisotopic (exact) mass is 609 g/mol. The Labute approximate surface area is 244 Å². The van der Waals surface area contributed by atoms with E-state index in [0.29, 0.717) is 34.1 Å². The Bertz CT molecular complexity index is 1410. The molecule has 2 amide bonds. The molecule has 2 aromatic carbocycles. The molecule has 0 atom stereocenters. The van der Waals surface area contributed by atoms with Gasteiger partial charge in [-0.3, -0.25) is 14.6 Å². The van der Waals surface area contributed by atoms with Crippen molar-refractivity contribution >= 4 is 104 Å². The first-order valence-electron chi connectivity index (χ1n) is 10.4. The lowest BCUT2D eigenvalue weighted by molar-refractivity contribution is 0.101. The van der Waals surface area contributed by atoms with Crippen molar-refractivity contribution in [2.24, 2.45) is 9.98 Å². The maximum Gasteiger partial charge on any atom is 0.277 e. The van der Waals surface area contributed by atoms with E-state index in [9.17, 15) is 9.59 Å². The second kappa shape index (κ2) is 16.5. The van der Waals surface area contributed by atoms with Crippen LogP contribution in [0.4, 0.5) is 22.7 Å². The van der Waals surface area contributed by atoms with Crippen molar-refractivity contribution in [3.05, 3.63) is 87.8 Å². The Balaban J connectivity index is 0.000000183. The number of anilines is 2. The number of amides is 2. The van der Waals surface area contributed by atoms with Gasteiger partial charge in [0.15, 0.2) is 11.4 Å². The van der Waals surface area contributed by atoms with Crippen molar-refractivity contribution in [1.29, 1.82) is 0 Å². The van der Waals surface area contributed by atoms with E-state index >= 15 is 0 Å². The molecule has 0 aliphatic heterocycles. The molecule has 0 saturated heterocycles. The fraction of sp³-hybridized carbons (Fsp3) is 0. The summed E-state index contributed by atoms with van der Waals surface area (Å²) in [7, 11) is 0. The molecule has 0 bridgehead atoms.